The molecule has 0 saturated heterocycles. The van der Waals surface area contributed by atoms with E-state index in [4.69, 9.17) is 4.74 Å². The third-order valence-electron chi connectivity index (χ3n) is 4.63. The van der Waals surface area contributed by atoms with E-state index >= 15 is 0 Å². The number of ether oxygens (including phenoxy) is 1. The fourth-order valence-electron chi connectivity index (χ4n) is 3.15. The molecule has 1 unspecified atom stereocenters. The van der Waals surface area contributed by atoms with E-state index in [1.54, 1.807) is 0 Å². The molecular formula is C22H27N3O2. The van der Waals surface area contributed by atoms with Crippen LogP contribution in [0.3, 0.4) is 0 Å². The van der Waals surface area contributed by atoms with Crippen LogP contribution in [0.15, 0.2) is 54.6 Å². The lowest BCUT2D eigenvalue weighted by Gasteiger charge is -2.14. The molecular weight excluding hydrogens is 338 g/mol. The summed E-state index contributed by atoms with van der Waals surface area (Å²) < 4.78 is 7.84. The molecule has 27 heavy (non-hydrogen) atoms. The van der Waals surface area contributed by atoms with Crippen LogP contribution >= 0.6 is 0 Å². The first kappa shape index (κ1) is 19.1. The van der Waals surface area contributed by atoms with Crippen LogP contribution in [0.4, 0.5) is 0 Å². The van der Waals surface area contributed by atoms with Crippen LogP contribution in [0.1, 0.15) is 37.8 Å². The lowest BCUT2D eigenvalue weighted by atomic mass is 10.1. The van der Waals surface area contributed by atoms with Crippen LogP contribution in [0.25, 0.3) is 11.0 Å². The first-order valence-electron chi connectivity index (χ1n) is 9.56. The van der Waals surface area contributed by atoms with E-state index in [2.05, 4.69) is 29.4 Å². The van der Waals surface area contributed by atoms with Gasteiger partial charge in [0.15, 0.2) is 0 Å². The number of hydrogen-bond acceptors (Lipinski definition) is 3. The Kier molecular flexibility index (Phi) is 6.60. The smallest absolute Gasteiger partial charge is 0.240 e. The van der Waals surface area contributed by atoms with Crippen LogP contribution in [0.2, 0.25) is 0 Å². The van der Waals surface area contributed by atoms with Crippen molar-refractivity contribution in [1.82, 2.24) is 14.9 Å². The lowest BCUT2D eigenvalue weighted by Crippen LogP contribution is -2.29. The van der Waals surface area contributed by atoms with Crippen molar-refractivity contribution in [3.05, 3.63) is 66.0 Å². The van der Waals surface area contributed by atoms with Gasteiger partial charge in [0.1, 0.15) is 12.4 Å². The maximum absolute atomic E-state index is 12.3. The minimum Gasteiger partial charge on any atom is -0.374 e. The Morgan fingerprint density at radius 3 is 2.67 bits per heavy atom. The number of nitrogens with zero attached hydrogens (tertiary/aromatic N) is 2. The highest BCUT2D eigenvalue weighted by Crippen LogP contribution is 2.17. The van der Waals surface area contributed by atoms with E-state index in [9.17, 15) is 4.79 Å². The van der Waals surface area contributed by atoms with E-state index < -0.39 is 0 Å². The molecule has 3 aromatic rings. The second kappa shape index (κ2) is 9.33. The van der Waals surface area contributed by atoms with Crippen molar-refractivity contribution < 1.29 is 9.53 Å². The Hall–Kier alpha value is -2.66. The number of imidazole rings is 1. The summed E-state index contributed by atoms with van der Waals surface area (Å²) in [6, 6.07) is 18.1. The van der Waals surface area contributed by atoms with Gasteiger partial charge < -0.3 is 14.6 Å². The van der Waals surface area contributed by atoms with Gasteiger partial charge in [-0.15, -0.1) is 0 Å². The molecule has 0 radical (unpaired) electrons. The number of nitrogens with one attached hydrogen (secondary N) is 1. The fraction of sp³-hybridized carbons (Fsp3) is 0.364. The summed E-state index contributed by atoms with van der Waals surface area (Å²) in [5, 5.41) is 2.98. The number of rotatable bonds is 9. The average Bonchev–Trinajstić information content (AvgIpc) is 3.06. The normalized spacial score (nSPS) is 12.2. The summed E-state index contributed by atoms with van der Waals surface area (Å²) in [6.45, 7) is 5.62. The van der Waals surface area contributed by atoms with E-state index in [0.717, 1.165) is 29.7 Å². The molecule has 0 aliphatic heterocycles. The number of carbonyl (C=O) groups is 1. The van der Waals surface area contributed by atoms with Crippen LogP contribution in [0.5, 0.6) is 0 Å². The number of para-hydroxylation sites is 2. The SMILES string of the molecule is CCc1nc2ccccc2n1CC(=O)NCCCOC(C)c1ccccc1. The third-order valence-corrected chi connectivity index (χ3v) is 4.63. The Labute approximate surface area is 160 Å². The second-order valence-electron chi connectivity index (χ2n) is 6.58. The molecule has 3 rings (SSSR count). The first-order chi connectivity index (χ1) is 13.2. The molecule has 5 heteroatoms. The zero-order valence-corrected chi connectivity index (χ0v) is 16.0. The summed E-state index contributed by atoms with van der Waals surface area (Å²) in [5.41, 5.74) is 3.11. The van der Waals surface area contributed by atoms with Gasteiger partial charge in [0.05, 0.1) is 17.1 Å². The second-order valence-corrected chi connectivity index (χ2v) is 6.58. The van der Waals surface area contributed by atoms with Crippen molar-refractivity contribution in [2.75, 3.05) is 13.2 Å². The Morgan fingerprint density at radius 2 is 1.89 bits per heavy atom. The van der Waals surface area contributed by atoms with Crippen LogP contribution in [-0.2, 0) is 22.5 Å². The van der Waals surface area contributed by atoms with Gasteiger partial charge in [0.2, 0.25) is 5.91 Å². The van der Waals surface area contributed by atoms with Gasteiger partial charge in [-0.2, -0.15) is 0 Å². The van der Waals surface area contributed by atoms with Crippen LogP contribution in [-0.4, -0.2) is 28.6 Å². The van der Waals surface area contributed by atoms with E-state index in [1.165, 1.54) is 5.56 Å². The number of aryl methyl sites for hydroxylation is 1. The third kappa shape index (κ3) is 4.95. The summed E-state index contributed by atoms with van der Waals surface area (Å²) >= 11 is 0. The van der Waals surface area contributed by atoms with Crippen molar-refractivity contribution in [1.29, 1.82) is 0 Å². The summed E-state index contributed by atoms with van der Waals surface area (Å²) in [4.78, 5) is 16.9. The lowest BCUT2D eigenvalue weighted by molar-refractivity contribution is -0.121. The highest BCUT2D eigenvalue weighted by Gasteiger charge is 2.12. The van der Waals surface area contributed by atoms with Gasteiger partial charge in [0.25, 0.3) is 0 Å². The van der Waals surface area contributed by atoms with Gasteiger partial charge >= 0.3 is 0 Å². The van der Waals surface area contributed by atoms with Gasteiger partial charge in [-0.25, -0.2) is 4.98 Å². The van der Waals surface area contributed by atoms with E-state index in [-0.39, 0.29) is 12.0 Å². The van der Waals surface area contributed by atoms with Crippen molar-refractivity contribution in [3.8, 4) is 0 Å². The van der Waals surface area contributed by atoms with Crippen molar-refractivity contribution in [2.45, 2.75) is 39.3 Å². The Balaban J connectivity index is 1.44. The summed E-state index contributed by atoms with van der Waals surface area (Å²) in [6.07, 6.45) is 1.65. The maximum atomic E-state index is 12.3. The Bertz CT molecular complexity index is 874. The standard InChI is InChI=1S/C22H27N3O2/c1-3-21-24-19-12-7-8-13-20(19)25(21)16-22(26)23-14-9-15-27-17(2)18-10-5-4-6-11-18/h4-8,10-13,17H,3,9,14-16H2,1-2H3,(H,23,26). The molecule has 0 fully saturated rings. The van der Waals surface area contributed by atoms with Crippen LogP contribution in [0, 0.1) is 0 Å². The molecule has 0 saturated carbocycles. The number of fused-ring (bicyclic) bond motifs is 1. The van der Waals surface area contributed by atoms with Gasteiger partial charge in [-0.1, -0.05) is 49.4 Å². The zero-order valence-electron chi connectivity index (χ0n) is 16.0. The molecule has 1 heterocycles. The van der Waals surface area contributed by atoms with E-state index in [1.807, 2.05) is 54.0 Å². The van der Waals surface area contributed by atoms with Crippen molar-refractivity contribution in [2.24, 2.45) is 0 Å². The molecule has 0 aliphatic carbocycles. The molecule has 0 bridgehead atoms. The molecule has 1 atom stereocenters. The van der Waals surface area contributed by atoms with Gasteiger partial charge in [0, 0.05) is 19.6 Å². The summed E-state index contributed by atoms with van der Waals surface area (Å²) in [7, 11) is 0. The molecule has 0 aliphatic rings. The first-order valence-corrected chi connectivity index (χ1v) is 9.56. The van der Waals surface area contributed by atoms with E-state index in [0.29, 0.717) is 19.7 Å². The van der Waals surface area contributed by atoms with Crippen molar-refractivity contribution in [3.63, 3.8) is 0 Å². The van der Waals surface area contributed by atoms with Gasteiger partial charge in [-0.3, -0.25) is 4.79 Å². The molecule has 142 valence electrons. The quantitative estimate of drug-likeness (QED) is 0.586. The Morgan fingerprint density at radius 1 is 1.15 bits per heavy atom. The number of carbonyl (C=O) groups excluding carboxylic acids is 1. The monoisotopic (exact) mass is 365 g/mol. The molecule has 2 aromatic carbocycles. The maximum Gasteiger partial charge on any atom is 0.240 e. The highest BCUT2D eigenvalue weighted by atomic mass is 16.5. The number of benzene rings is 2. The summed E-state index contributed by atoms with van der Waals surface area (Å²) in [5.74, 6) is 0.940. The van der Waals surface area contributed by atoms with Gasteiger partial charge in [-0.05, 0) is 31.0 Å². The predicted molar refractivity (Wildman–Crippen MR) is 108 cm³/mol. The minimum atomic E-state index is 0.00367. The van der Waals surface area contributed by atoms with Crippen molar-refractivity contribution >= 4 is 16.9 Å². The average molecular weight is 365 g/mol. The number of aromatic nitrogens is 2. The van der Waals surface area contributed by atoms with Crippen LogP contribution < -0.4 is 5.32 Å². The molecule has 1 N–H and O–H groups in total. The fourth-order valence-corrected chi connectivity index (χ4v) is 3.15. The number of hydrogen-bond donors (Lipinski definition) is 1. The highest BCUT2D eigenvalue weighted by molar-refractivity contribution is 5.81. The zero-order chi connectivity index (χ0) is 19.1. The molecule has 0 spiro atoms. The largest absolute Gasteiger partial charge is 0.374 e. The predicted octanol–water partition coefficient (Wildman–Crippen LogP) is 3.88. The molecule has 1 amide bonds. The number of amides is 1. The molecule has 5 nitrogen and oxygen atoms in total. The topological polar surface area (TPSA) is 56.2 Å². The molecule has 1 aromatic heterocycles. The minimum absolute atomic E-state index is 0.00367.